The maximum atomic E-state index is 10.7. The van der Waals surface area contributed by atoms with Crippen LogP contribution in [0.4, 0.5) is 0 Å². The molecule has 0 fully saturated rings. The molecule has 4 N–H and O–H groups in total. The number of carbonyl (C=O) groups is 1. The molecule has 0 aliphatic rings. The maximum Gasteiger partial charge on any atom is 0.323 e. The van der Waals surface area contributed by atoms with Crippen LogP contribution in [0.2, 0.25) is 0 Å². The Balaban J connectivity index is 2.43. The molecule has 0 aromatic heterocycles. The first-order valence-corrected chi connectivity index (χ1v) is 5.30. The van der Waals surface area contributed by atoms with Crippen LogP contribution in [0.15, 0.2) is 24.3 Å². The normalized spacial score (nSPS) is 14.1. The van der Waals surface area contributed by atoms with Crippen LogP contribution in [0, 0.1) is 0 Å². The number of hydrogen-bond donors (Lipinski definition) is 3. The largest absolute Gasteiger partial charge is 0.494 e. The first kappa shape index (κ1) is 13.5. The predicted octanol–water partition coefficient (Wildman–Crippen LogP) is 0.750. The molecule has 5 heteroatoms. The first-order chi connectivity index (χ1) is 7.95. The monoisotopic (exact) mass is 239 g/mol. The van der Waals surface area contributed by atoms with Crippen molar-refractivity contribution in [3.63, 3.8) is 0 Å². The Morgan fingerprint density at radius 1 is 1.41 bits per heavy atom. The molecule has 0 saturated carbocycles. The number of aliphatic hydroxyl groups excluding tert-OH is 1. The van der Waals surface area contributed by atoms with E-state index >= 15 is 0 Å². The van der Waals surface area contributed by atoms with Gasteiger partial charge < -0.3 is 20.7 Å². The Morgan fingerprint density at radius 3 is 2.47 bits per heavy atom. The fraction of sp³-hybridized carbons (Fsp3) is 0.417. The highest BCUT2D eigenvalue weighted by molar-refractivity contribution is 5.77. The van der Waals surface area contributed by atoms with Gasteiger partial charge in [0.2, 0.25) is 0 Å². The summed E-state index contributed by atoms with van der Waals surface area (Å²) in [5.74, 6) is -0.417. The van der Waals surface area contributed by atoms with Crippen molar-refractivity contribution in [1.29, 1.82) is 0 Å². The van der Waals surface area contributed by atoms with Crippen molar-refractivity contribution in [2.45, 2.75) is 25.5 Å². The molecule has 94 valence electrons. The minimum Gasteiger partial charge on any atom is -0.494 e. The van der Waals surface area contributed by atoms with E-state index in [1.165, 1.54) is 6.92 Å². The van der Waals surface area contributed by atoms with Crippen molar-refractivity contribution >= 4 is 5.97 Å². The molecule has 1 unspecified atom stereocenters. The summed E-state index contributed by atoms with van der Waals surface area (Å²) in [4.78, 5) is 10.7. The molecule has 1 rings (SSSR count). The summed E-state index contributed by atoms with van der Waals surface area (Å²) in [6.07, 6.45) is 0.226. The average Bonchev–Trinajstić information content (AvgIpc) is 2.29. The second-order valence-electron chi connectivity index (χ2n) is 4.12. The zero-order valence-electron chi connectivity index (χ0n) is 9.72. The number of carboxylic acid groups (broad SMARTS) is 1. The third-order valence-corrected chi connectivity index (χ3v) is 2.48. The van der Waals surface area contributed by atoms with Crippen molar-refractivity contribution in [3.05, 3.63) is 29.8 Å². The van der Waals surface area contributed by atoms with Gasteiger partial charge in [-0.2, -0.15) is 0 Å². The van der Waals surface area contributed by atoms with Gasteiger partial charge in [-0.3, -0.25) is 4.79 Å². The lowest BCUT2D eigenvalue weighted by Crippen LogP contribution is -2.45. The van der Waals surface area contributed by atoms with Crippen LogP contribution in [0.5, 0.6) is 5.75 Å². The molecule has 0 aliphatic heterocycles. The number of aliphatic hydroxyl groups is 1. The fourth-order valence-corrected chi connectivity index (χ4v) is 1.18. The van der Waals surface area contributed by atoms with Gasteiger partial charge in [0.25, 0.3) is 0 Å². The lowest BCUT2D eigenvalue weighted by Gasteiger charge is -2.18. The van der Waals surface area contributed by atoms with Gasteiger partial charge in [0.15, 0.2) is 0 Å². The summed E-state index contributed by atoms with van der Waals surface area (Å²) >= 11 is 0. The van der Waals surface area contributed by atoms with Crippen LogP contribution in [0.25, 0.3) is 0 Å². The minimum atomic E-state index is -1.27. The van der Waals surface area contributed by atoms with Gasteiger partial charge >= 0.3 is 5.97 Å². The molecule has 17 heavy (non-hydrogen) atoms. The molecular weight excluding hydrogens is 222 g/mol. The van der Waals surface area contributed by atoms with Crippen LogP contribution >= 0.6 is 0 Å². The van der Waals surface area contributed by atoms with Gasteiger partial charge in [0.05, 0.1) is 13.2 Å². The second-order valence-corrected chi connectivity index (χ2v) is 4.12. The van der Waals surface area contributed by atoms with E-state index < -0.39 is 11.5 Å². The molecule has 5 nitrogen and oxygen atoms in total. The van der Waals surface area contributed by atoms with Crippen molar-refractivity contribution < 1.29 is 19.7 Å². The van der Waals surface area contributed by atoms with E-state index in [0.717, 1.165) is 5.56 Å². The van der Waals surface area contributed by atoms with Crippen LogP contribution in [0.3, 0.4) is 0 Å². The number of ether oxygens (including phenoxy) is 1. The summed E-state index contributed by atoms with van der Waals surface area (Å²) in [6, 6.07) is 6.93. The molecule has 0 radical (unpaired) electrons. The summed E-state index contributed by atoms with van der Waals surface area (Å²) in [6.45, 7) is 1.67. The summed E-state index contributed by atoms with van der Waals surface area (Å²) in [5.41, 5.74) is 5.08. The highest BCUT2D eigenvalue weighted by Crippen LogP contribution is 2.14. The fourth-order valence-electron chi connectivity index (χ4n) is 1.18. The van der Waals surface area contributed by atoms with Gasteiger partial charge in [-0.05, 0) is 24.6 Å². The Bertz CT molecular complexity index is 373. The Labute approximate surface area is 99.8 Å². The number of hydrogen-bond acceptors (Lipinski definition) is 4. The maximum absolute atomic E-state index is 10.7. The lowest BCUT2D eigenvalue weighted by molar-refractivity contribution is -0.143. The zero-order valence-corrected chi connectivity index (χ0v) is 9.72. The molecule has 0 amide bonds. The van der Waals surface area contributed by atoms with Gasteiger partial charge in [-0.25, -0.2) is 0 Å². The smallest absolute Gasteiger partial charge is 0.323 e. The first-order valence-electron chi connectivity index (χ1n) is 5.30. The number of nitrogens with two attached hydrogens (primary N) is 1. The molecule has 0 spiro atoms. The lowest BCUT2D eigenvalue weighted by atomic mass is 10.0. The molecule has 0 saturated heterocycles. The minimum absolute atomic E-state index is 0.0137. The molecular formula is C12H17NO4. The highest BCUT2D eigenvalue weighted by atomic mass is 16.5. The Morgan fingerprint density at radius 2 is 2.00 bits per heavy atom. The van der Waals surface area contributed by atoms with Crippen LogP contribution in [-0.4, -0.2) is 28.3 Å². The number of rotatable bonds is 6. The van der Waals surface area contributed by atoms with E-state index in [4.69, 9.17) is 20.7 Å². The SMILES string of the molecule is CC(N)(CCOc1ccc(CO)cc1)C(=O)O. The van der Waals surface area contributed by atoms with E-state index in [2.05, 4.69) is 0 Å². The van der Waals surface area contributed by atoms with E-state index in [0.29, 0.717) is 5.75 Å². The summed E-state index contributed by atoms with van der Waals surface area (Å²) in [7, 11) is 0. The highest BCUT2D eigenvalue weighted by Gasteiger charge is 2.27. The molecule has 1 aromatic carbocycles. The zero-order chi connectivity index (χ0) is 12.9. The van der Waals surface area contributed by atoms with Gasteiger partial charge in [0, 0.05) is 6.42 Å². The van der Waals surface area contributed by atoms with E-state index in [-0.39, 0.29) is 19.6 Å². The third kappa shape index (κ3) is 4.05. The molecule has 0 aliphatic carbocycles. The van der Waals surface area contributed by atoms with Crippen molar-refractivity contribution in [2.24, 2.45) is 5.73 Å². The average molecular weight is 239 g/mol. The molecule has 1 atom stereocenters. The molecule has 0 heterocycles. The van der Waals surface area contributed by atoms with E-state index in [9.17, 15) is 4.79 Å². The molecule has 1 aromatic rings. The predicted molar refractivity (Wildman–Crippen MR) is 62.7 cm³/mol. The van der Waals surface area contributed by atoms with Crippen LogP contribution in [-0.2, 0) is 11.4 Å². The number of aliphatic carboxylic acids is 1. The van der Waals surface area contributed by atoms with Crippen molar-refractivity contribution in [1.82, 2.24) is 0 Å². The summed E-state index contributed by atoms with van der Waals surface area (Å²) in [5, 5.41) is 17.6. The Hall–Kier alpha value is -1.59. The van der Waals surface area contributed by atoms with Crippen molar-refractivity contribution in [2.75, 3.05) is 6.61 Å². The Kier molecular flexibility index (Phi) is 4.48. The quantitative estimate of drug-likeness (QED) is 0.681. The van der Waals surface area contributed by atoms with Crippen LogP contribution in [0.1, 0.15) is 18.9 Å². The van der Waals surface area contributed by atoms with Gasteiger partial charge in [-0.15, -0.1) is 0 Å². The second kappa shape index (κ2) is 5.65. The third-order valence-electron chi connectivity index (χ3n) is 2.48. The summed E-state index contributed by atoms with van der Waals surface area (Å²) < 4.78 is 5.37. The van der Waals surface area contributed by atoms with E-state index in [1.54, 1.807) is 24.3 Å². The van der Waals surface area contributed by atoms with Gasteiger partial charge in [0.1, 0.15) is 11.3 Å². The van der Waals surface area contributed by atoms with Gasteiger partial charge in [-0.1, -0.05) is 12.1 Å². The molecule has 0 bridgehead atoms. The number of benzene rings is 1. The van der Waals surface area contributed by atoms with Crippen molar-refractivity contribution in [3.8, 4) is 5.75 Å². The number of carboxylic acids is 1. The van der Waals surface area contributed by atoms with Crippen LogP contribution < -0.4 is 10.5 Å². The topological polar surface area (TPSA) is 92.8 Å². The standard InChI is InChI=1S/C12H17NO4/c1-12(13,11(15)16)6-7-17-10-4-2-9(8-14)3-5-10/h2-5,14H,6-8,13H2,1H3,(H,15,16). The van der Waals surface area contributed by atoms with E-state index in [1.807, 2.05) is 0 Å².